The molecule has 2 rings (SSSR count). The van der Waals surface area contributed by atoms with Gasteiger partial charge in [-0.1, -0.05) is 40.0 Å². The van der Waals surface area contributed by atoms with Gasteiger partial charge in [-0.05, 0) is 38.5 Å². The number of carbonyl (C=O) groups is 2. The summed E-state index contributed by atoms with van der Waals surface area (Å²) in [6, 6.07) is 0. The maximum atomic E-state index is 12.5. The molecule has 0 fully saturated rings. The highest BCUT2D eigenvalue weighted by Gasteiger charge is 2.39. The maximum Gasteiger partial charge on any atom is 0.262 e. The van der Waals surface area contributed by atoms with Crippen LogP contribution in [0.2, 0.25) is 0 Å². The molecular weight excluding hydrogens is 346 g/mol. The summed E-state index contributed by atoms with van der Waals surface area (Å²) in [7, 11) is 0. The Bertz CT molecular complexity index is 599. The van der Waals surface area contributed by atoms with Crippen molar-refractivity contribution in [2.24, 2.45) is 11.8 Å². The summed E-state index contributed by atoms with van der Waals surface area (Å²) in [5, 5.41) is 0. The fourth-order valence-corrected chi connectivity index (χ4v) is 4.54. The van der Waals surface area contributed by atoms with Gasteiger partial charge in [-0.25, -0.2) is 0 Å². The first-order valence-electron chi connectivity index (χ1n) is 9.86. The zero-order valence-corrected chi connectivity index (χ0v) is 17.7. The monoisotopic (exact) mass is 379 g/mol. The number of hydrogen-bond acceptors (Lipinski definition) is 4. The number of ether oxygens (including phenoxy) is 1. The van der Waals surface area contributed by atoms with E-state index in [0.717, 1.165) is 28.7 Å². The van der Waals surface area contributed by atoms with Crippen molar-refractivity contribution in [3.8, 4) is 0 Å². The summed E-state index contributed by atoms with van der Waals surface area (Å²) in [6.07, 6.45) is 5.63. The Morgan fingerprint density at radius 3 is 2.08 bits per heavy atom. The molecule has 26 heavy (non-hydrogen) atoms. The Morgan fingerprint density at radius 2 is 1.50 bits per heavy atom. The molecule has 0 spiro atoms. The van der Waals surface area contributed by atoms with Crippen LogP contribution in [-0.2, 0) is 4.74 Å². The van der Waals surface area contributed by atoms with Crippen molar-refractivity contribution in [3.63, 3.8) is 0 Å². The predicted octanol–water partition coefficient (Wildman–Crippen LogP) is 5.22. The van der Waals surface area contributed by atoms with E-state index in [-0.39, 0.29) is 11.8 Å². The Labute approximate surface area is 161 Å². The Balaban J connectivity index is 1.63. The third kappa shape index (κ3) is 5.17. The third-order valence-electron chi connectivity index (χ3n) is 5.08. The predicted molar refractivity (Wildman–Crippen MR) is 107 cm³/mol. The SMILES string of the molecule is Cc1sc(C)c2c1C(=O)N(CCCOCCC(C)CCCC(C)C)C2=O. The summed E-state index contributed by atoms with van der Waals surface area (Å²) in [4.78, 5) is 28.2. The molecule has 2 amide bonds. The highest BCUT2D eigenvalue weighted by atomic mass is 32.1. The normalized spacial score (nSPS) is 15.2. The zero-order valence-electron chi connectivity index (χ0n) is 16.9. The van der Waals surface area contributed by atoms with Crippen molar-refractivity contribution in [3.05, 3.63) is 20.9 Å². The van der Waals surface area contributed by atoms with Gasteiger partial charge in [-0.15, -0.1) is 11.3 Å². The van der Waals surface area contributed by atoms with Gasteiger partial charge < -0.3 is 4.74 Å². The van der Waals surface area contributed by atoms with Crippen LogP contribution in [0.3, 0.4) is 0 Å². The number of aryl methyl sites for hydroxylation is 2. The molecule has 146 valence electrons. The highest BCUT2D eigenvalue weighted by molar-refractivity contribution is 7.12. The number of hydrogen-bond donors (Lipinski definition) is 0. The second-order valence-electron chi connectivity index (χ2n) is 7.91. The first-order chi connectivity index (χ1) is 12.3. The number of imide groups is 1. The van der Waals surface area contributed by atoms with Gasteiger partial charge >= 0.3 is 0 Å². The molecule has 0 aromatic carbocycles. The van der Waals surface area contributed by atoms with Crippen LogP contribution in [0.15, 0.2) is 0 Å². The molecular formula is C21H33NO3S. The average molecular weight is 380 g/mol. The first kappa shape index (κ1) is 21.1. The van der Waals surface area contributed by atoms with E-state index in [1.54, 1.807) is 0 Å². The Kier molecular flexibility index (Phi) is 7.84. The molecule has 1 aliphatic heterocycles. The van der Waals surface area contributed by atoms with Crippen LogP contribution >= 0.6 is 11.3 Å². The number of amides is 2. The number of thiophene rings is 1. The van der Waals surface area contributed by atoms with Gasteiger partial charge in [-0.2, -0.15) is 0 Å². The van der Waals surface area contributed by atoms with Crippen molar-refractivity contribution in [1.29, 1.82) is 0 Å². The molecule has 1 aromatic rings. The number of fused-ring (bicyclic) bond motifs is 1. The minimum atomic E-state index is -0.134. The lowest BCUT2D eigenvalue weighted by Crippen LogP contribution is -2.31. The van der Waals surface area contributed by atoms with Gasteiger partial charge in [0.05, 0.1) is 11.1 Å². The average Bonchev–Trinajstić information content (AvgIpc) is 2.99. The molecule has 1 atom stereocenters. The minimum absolute atomic E-state index is 0.134. The van der Waals surface area contributed by atoms with Gasteiger partial charge in [0.15, 0.2) is 0 Å². The summed E-state index contributed by atoms with van der Waals surface area (Å²) in [5.74, 6) is 1.21. The quantitative estimate of drug-likeness (QED) is 0.391. The summed E-state index contributed by atoms with van der Waals surface area (Å²) in [6.45, 7) is 12.5. The van der Waals surface area contributed by atoms with Gasteiger partial charge in [-0.3, -0.25) is 14.5 Å². The Hall–Kier alpha value is -1.20. The van der Waals surface area contributed by atoms with E-state index >= 15 is 0 Å². The van der Waals surface area contributed by atoms with E-state index in [0.29, 0.717) is 36.6 Å². The first-order valence-corrected chi connectivity index (χ1v) is 10.7. The summed E-state index contributed by atoms with van der Waals surface area (Å²) >= 11 is 1.53. The molecule has 4 nitrogen and oxygen atoms in total. The smallest absolute Gasteiger partial charge is 0.262 e. The third-order valence-corrected chi connectivity index (χ3v) is 6.10. The molecule has 1 aromatic heterocycles. The summed E-state index contributed by atoms with van der Waals surface area (Å²) in [5.41, 5.74) is 1.24. The lowest BCUT2D eigenvalue weighted by Gasteiger charge is -2.15. The van der Waals surface area contributed by atoms with E-state index in [9.17, 15) is 9.59 Å². The van der Waals surface area contributed by atoms with E-state index in [2.05, 4.69) is 20.8 Å². The van der Waals surface area contributed by atoms with Gasteiger partial charge in [0.2, 0.25) is 0 Å². The van der Waals surface area contributed by atoms with Crippen LogP contribution in [0.4, 0.5) is 0 Å². The molecule has 5 heteroatoms. The fraction of sp³-hybridized carbons (Fsp3) is 0.714. The van der Waals surface area contributed by atoms with Crippen LogP contribution in [-0.4, -0.2) is 36.5 Å². The number of rotatable bonds is 11. The van der Waals surface area contributed by atoms with Crippen LogP contribution in [0.25, 0.3) is 0 Å². The molecule has 0 saturated heterocycles. The second-order valence-corrected chi connectivity index (χ2v) is 9.34. The van der Waals surface area contributed by atoms with Crippen LogP contribution < -0.4 is 0 Å². The molecule has 0 radical (unpaired) electrons. The lowest BCUT2D eigenvalue weighted by atomic mass is 9.98. The van der Waals surface area contributed by atoms with Crippen molar-refractivity contribution in [2.45, 2.75) is 66.7 Å². The van der Waals surface area contributed by atoms with E-state index in [1.807, 2.05) is 13.8 Å². The van der Waals surface area contributed by atoms with Crippen molar-refractivity contribution < 1.29 is 14.3 Å². The van der Waals surface area contributed by atoms with E-state index in [4.69, 9.17) is 4.74 Å². The zero-order chi connectivity index (χ0) is 19.3. The van der Waals surface area contributed by atoms with E-state index < -0.39 is 0 Å². The molecule has 0 bridgehead atoms. The second kappa shape index (κ2) is 9.65. The molecule has 0 aliphatic carbocycles. The topological polar surface area (TPSA) is 46.6 Å². The summed E-state index contributed by atoms with van der Waals surface area (Å²) < 4.78 is 5.72. The van der Waals surface area contributed by atoms with Crippen LogP contribution in [0.5, 0.6) is 0 Å². The van der Waals surface area contributed by atoms with Crippen LogP contribution in [0.1, 0.15) is 83.3 Å². The molecule has 1 unspecified atom stereocenters. The van der Waals surface area contributed by atoms with Gasteiger partial charge in [0.1, 0.15) is 0 Å². The van der Waals surface area contributed by atoms with Crippen LogP contribution in [0, 0.1) is 25.7 Å². The van der Waals surface area contributed by atoms with E-state index in [1.165, 1.54) is 35.5 Å². The van der Waals surface area contributed by atoms with Crippen molar-refractivity contribution in [2.75, 3.05) is 19.8 Å². The largest absolute Gasteiger partial charge is 0.381 e. The molecule has 0 saturated carbocycles. The maximum absolute atomic E-state index is 12.5. The molecule has 1 aliphatic rings. The minimum Gasteiger partial charge on any atom is -0.381 e. The van der Waals surface area contributed by atoms with Gasteiger partial charge in [0, 0.05) is 29.5 Å². The lowest BCUT2D eigenvalue weighted by molar-refractivity contribution is 0.0621. The highest BCUT2D eigenvalue weighted by Crippen LogP contribution is 2.34. The number of carbonyl (C=O) groups excluding carboxylic acids is 2. The standard InChI is InChI=1S/C21H33NO3S/c1-14(2)8-6-9-15(3)10-13-25-12-7-11-22-20(23)18-16(4)26-17(5)19(18)21(22)24/h14-15H,6-13H2,1-5H3. The molecule has 2 heterocycles. The van der Waals surface area contributed by atoms with Gasteiger partial charge in [0.25, 0.3) is 11.8 Å². The van der Waals surface area contributed by atoms with Crippen molar-refractivity contribution >= 4 is 23.2 Å². The fourth-order valence-electron chi connectivity index (χ4n) is 3.49. The van der Waals surface area contributed by atoms with Crippen molar-refractivity contribution in [1.82, 2.24) is 4.90 Å². The Morgan fingerprint density at radius 1 is 0.885 bits per heavy atom. The number of nitrogens with zero attached hydrogens (tertiary/aromatic N) is 1. The molecule has 0 N–H and O–H groups in total.